The van der Waals surface area contributed by atoms with Gasteiger partial charge in [0.15, 0.2) is 0 Å². The molecular formula is C11H17N3. The number of aromatic nitrogens is 2. The number of hydrogen-bond acceptors (Lipinski definition) is 2. The lowest BCUT2D eigenvalue weighted by Gasteiger charge is -2.07. The quantitative estimate of drug-likeness (QED) is 0.764. The second-order valence-electron chi connectivity index (χ2n) is 4.51. The molecule has 0 unspecified atom stereocenters. The van der Waals surface area contributed by atoms with Gasteiger partial charge < -0.3 is 9.88 Å². The van der Waals surface area contributed by atoms with E-state index in [9.17, 15) is 0 Å². The molecule has 0 saturated heterocycles. The molecule has 0 radical (unpaired) electrons. The van der Waals surface area contributed by atoms with Gasteiger partial charge in [-0.3, -0.25) is 0 Å². The molecule has 76 valence electrons. The SMILES string of the molecule is c1ncn(CCNC2CC2)c1C1CC1. The average molecular weight is 191 g/mol. The van der Waals surface area contributed by atoms with Crippen LogP contribution in [0.4, 0.5) is 0 Å². The maximum Gasteiger partial charge on any atom is 0.0948 e. The number of imidazole rings is 1. The maximum atomic E-state index is 4.23. The molecular weight excluding hydrogens is 174 g/mol. The van der Waals surface area contributed by atoms with Gasteiger partial charge in [0.1, 0.15) is 0 Å². The average Bonchev–Trinajstić information content (AvgIpc) is 3.08. The van der Waals surface area contributed by atoms with E-state index < -0.39 is 0 Å². The maximum absolute atomic E-state index is 4.23. The first-order chi connectivity index (χ1) is 6.93. The van der Waals surface area contributed by atoms with Crippen LogP contribution in [0.3, 0.4) is 0 Å². The molecule has 2 fully saturated rings. The van der Waals surface area contributed by atoms with E-state index in [4.69, 9.17) is 0 Å². The van der Waals surface area contributed by atoms with Crippen LogP contribution in [0.15, 0.2) is 12.5 Å². The summed E-state index contributed by atoms with van der Waals surface area (Å²) in [6.07, 6.45) is 9.49. The third-order valence-electron chi connectivity index (χ3n) is 3.10. The van der Waals surface area contributed by atoms with Gasteiger partial charge in [-0.25, -0.2) is 4.98 Å². The van der Waals surface area contributed by atoms with Crippen molar-refractivity contribution in [1.29, 1.82) is 0 Å². The highest BCUT2D eigenvalue weighted by molar-refractivity contribution is 5.12. The second kappa shape index (κ2) is 3.39. The molecule has 0 bridgehead atoms. The van der Waals surface area contributed by atoms with Crippen LogP contribution in [-0.4, -0.2) is 22.1 Å². The van der Waals surface area contributed by atoms with Crippen molar-refractivity contribution in [3.8, 4) is 0 Å². The van der Waals surface area contributed by atoms with Gasteiger partial charge in [0.25, 0.3) is 0 Å². The Morgan fingerprint density at radius 3 is 2.93 bits per heavy atom. The van der Waals surface area contributed by atoms with Crippen LogP contribution < -0.4 is 5.32 Å². The molecule has 2 saturated carbocycles. The molecule has 2 aliphatic rings. The Bertz CT molecular complexity index is 310. The zero-order valence-electron chi connectivity index (χ0n) is 8.45. The Kier molecular flexibility index (Phi) is 2.05. The van der Waals surface area contributed by atoms with Gasteiger partial charge in [0, 0.05) is 36.9 Å². The summed E-state index contributed by atoms with van der Waals surface area (Å²) in [7, 11) is 0. The first kappa shape index (κ1) is 8.48. The first-order valence-corrected chi connectivity index (χ1v) is 5.67. The van der Waals surface area contributed by atoms with Crippen molar-refractivity contribution in [2.75, 3.05) is 6.54 Å². The molecule has 3 rings (SSSR count). The Hall–Kier alpha value is -0.830. The molecule has 0 aliphatic heterocycles. The molecule has 1 heterocycles. The summed E-state index contributed by atoms with van der Waals surface area (Å²) in [5.41, 5.74) is 1.45. The van der Waals surface area contributed by atoms with Crippen molar-refractivity contribution >= 4 is 0 Å². The molecule has 2 aliphatic carbocycles. The molecule has 0 spiro atoms. The van der Waals surface area contributed by atoms with Crippen molar-refractivity contribution in [1.82, 2.24) is 14.9 Å². The monoisotopic (exact) mass is 191 g/mol. The summed E-state index contributed by atoms with van der Waals surface area (Å²) >= 11 is 0. The fraction of sp³-hybridized carbons (Fsp3) is 0.727. The summed E-state index contributed by atoms with van der Waals surface area (Å²) in [5, 5.41) is 3.53. The molecule has 3 heteroatoms. The minimum atomic E-state index is 0.818. The normalized spacial score (nSPS) is 21.4. The van der Waals surface area contributed by atoms with Gasteiger partial charge in [0.2, 0.25) is 0 Å². The predicted octanol–water partition coefficient (Wildman–Crippen LogP) is 1.51. The van der Waals surface area contributed by atoms with Gasteiger partial charge in [0.05, 0.1) is 6.33 Å². The minimum Gasteiger partial charge on any atom is -0.333 e. The lowest BCUT2D eigenvalue weighted by Crippen LogP contribution is -2.22. The highest BCUT2D eigenvalue weighted by atomic mass is 15.1. The fourth-order valence-electron chi connectivity index (χ4n) is 1.91. The molecule has 3 nitrogen and oxygen atoms in total. The zero-order chi connectivity index (χ0) is 9.38. The van der Waals surface area contributed by atoms with Crippen LogP contribution in [0.1, 0.15) is 37.3 Å². The van der Waals surface area contributed by atoms with E-state index in [1.807, 2.05) is 12.5 Å². The summed E-state index contributed by atoms with van der Waals surface area (Å²) in [6, 6.07) is 0.822. The van der Waals surface area contributed by atoms with E-state index in [1.165, 1.54) is 31.4 Å². The molecule has 1 N–H and O–H groups in total. The van der Waals surface area contributed by atoms with Crippen LogP contribution in [-0.2, 0) is 6.54 Å². The van der Waals surface area contributed by atoms with Crippen molar-refractivity contribution < 1.29 is 0 Å². The largest absolute Gasteiger partial charge is 0.333 e. The van der Waals surface area contributed by atoms with Gasteiger partial charge >= 0.3 is 0 Å². The molecule has 0 amide bonds. The minimum absolute atomic E-state index is 0.818. The Morgan fingerprint density at radius 2 is 2.21 bits per heavy atom. The molecule has 1 aromatic heterocycles. The third kappa shape index (κ3) is 1.82. The van der Waals surface area contributed by atoms with E-state index in [1.54, 1.807) is 0 Å². The van der Waals surface area contributed by atoms with E-state index >= 15 is 0 Å². The molecule has 14 heavy (non-hydrogen) atoms. The lowest BCUT2D eigenvalue weighted by molar-refractivity contribution is 0.580. The zero-order valence-corrected chi connectivity index (χ0v) is 8.45. The summed E-state index contributed by atoms with van der Waals surface area (Å²) < 4.78 is 2.31. The van der Waals surface area contributed by atoms with Gasteiger partial charge in [-0.15, -0.1) is 0 Å². The number of hydrogen-bond donors (Lipinski definition) is 1. The van der Waals surface area contributed by atoms with Gasteiger partial charge in [-0.2, -0.15) is 0 Å². The van der Waals surface area contributed by atoms with Crippen LogP contribution >= 0.6 is 0 Å². The topological polar surface area (TPSA) is 29.9 Å². The smallest absolute Gasteiger partial charge is 0.0948 e. The van der Waals surface area contributed by atoms with Crippen molar-refractivity contribution in [3.63, 3.8) is 0 Å². The predicted molar refractivity (Wildman–Crippen MR) is 55.2 cm³/mol. The summed E-state index contributed by atoms with van der Waals surface area (Å²) in [5.74, 6) is 0.818. The fourth-order valence-corrected chi connectivity index (χ4v) is 1.91. The Morgan fingerprint density at radius 1 is 1.36 bits per heavy atom. The Labute approximate surface area is 84.5 Å². The van der Waals surface area contributed by atoms with Crippen molar-refractivity contribution in [2.24, 2.45) is 0 Å². The van der Waals surface area contributed by atoms with E-state index in [-0.39, 0.29) is 0 Å². The van der Waals surface area contributed by atoms with Crippen LogP contribution in [0, 0.1) is 0 Å². The standard InChI is InChI=1S/C11H17N3/c1-2-9(1)11-7-12-8-14(11)6-5-13-10-3-4-10/h7-10,13H,1-6H2. The van der Waals surface area contributed by atoms with Crippen LogP contribution in [0.5, 0.6) is 0 Å². The van der Waals surface area contributed by atoms with Crippen molar-refractivity contribution in [2.45, 2.75) is 44.2 Å². The highest BCUT2D eigenvalue weighted by Crippen LogP contribution is 2.39. The van der Waals surface area contributed by atoms with Crippen LogP contribution in [0.2, 0.25) is 0 Å². The number of nitrogens with zero attached hydrogens (tertiary/aromatic N) is 2. The Balaban J connectivity index is 1.55. The molecule has 1 aromatic rings. The van der Waals surface area contributed by atoms with E-state index in [0.29, 0.717) is 0 Å². The first-order valence-electron chi connectivity index (χ1n) is 5.67. The van der Waals surface area contributed by atoms with E-state index in [0.717, 1.165) is 25.0 Å². The third-order valence-corrected chi connectivity index (χ3v) is 3.10. The lowest BCUT2D eigenvalue weighted by atomic mass is 10.3. The number of nitrogens with one attached hydrogen (secondary N) is 1. The summed E-state index contributed by atoms with van der Waals surface area (Å²) in [6.45, 7) is 2.18. The molecule has 0 atom stereocenters. The second-order valence-corrected chi connectivity index (χ2v) is 4.51. The van der Waals surface area contributed by atoms with Gasteiger partial charge in [-0.1, -0.05) is 0 Å². The summed E-state index contributed by atoms with van der Waals surface area (Å²) in [4.78, 5) is 4.23. The number of rotatable bonds is 5. The highest BCUT2D eigenvalue weighted by Gasteiger charge is 2.26. The molecule has 0 aromatic carbocycles. The van der Waals surface area contributed by atoms with Crippen LogP contribution in [0.25, 0.3) is 0 Å². The van der Waals surface area contributed by atoms with Crippen molar-refractivity contribution in [3.05, 3.63) is 18.2 Å². The van der Waals surface area contributed by atoms with Gasteiger partial charge in [-0.05, 0) is 25.7 Å². The van der Waals surface area contributed by atoms with E-state index in [2.05, 4.69) is 14.9 Å².